The summed E-state index contributed by atoms with van der Waals surface area (Å²) in [6, 6.07) is 9.77. The number of anilines is 1. The second-order valence-corrected chi connectivity index (χ2v) is 7.84. The maximum absolute atomic E-state index is 12.1. The van der Waals surface area contributed by atoms with Gasteiger partial charge in [0.05, 0.1) is 30.9 Å². The van der Waals surface area contributed by atoms with Crippen LogP contribution in [0.25, 0.3) is 0 Å². The molecule has 174 valence electrons. The Labute approximate surface area is 211 Å². The molecule has 1 aromatic heterocycles. The van der Waals surface area contributed by atoms with Gasteiger partial charge in [-0.3, -0.25) is 9.78 Å². The van der Waals surface area contributed by atoms with Crippen molar-refractivity contribution in [3.63, 3.8) is 0 Å². The fraction of sp³-hybridized carbons (Fsp3) is 0.409. The maximum atomic E-state index is 12.1. The van der Waals surface area contributed by atoms with Crippen LogP contribution in [0.15, 0.2) is 47.7 Å². The molecule has 0 spiro atoms. The van der Waals surface area contributed by atoms with E-state index in [4.69, 9.17) is 21.3 Å². The molecule has 2 heterocycles. The van der Waals surface area contributed by atoms with Gasteiger partial charge < -0.3 is 24.8 Å². The smallest absolute Gasteiger partial charge is 0.241 e. The Kier molecular flexibility index (Phi) is 10.3. The number of amides is 1. The van der Waals surface area contributed by atoms with Crippen LogP contribution in [-0.2, 0) is 11.3 Å². The average Bonchev–Trinajstić information content (AvgIpc) is 2.80. The summed E-state index contributed by atoms with van der Waals surface area (Å²) in [4.78, 5) is 26.9. The topological polar surface area (TPSA) is 73.3 Å². The van der Waals surface area contributed by atoms with Crippen LogP contribution in [0.1, 0.15) is 5.56 Å². The maximum Gasteiger partial charge on any atom is 0.241 e. The van der Waals surface area contributed by atoms with Crippen LogP contribution < -0.4 is 15.0 Å². The lowest BCUT2D eigenvalue weighted by atomic mass is 10.2. The SMILES string of the molecule is COc1ccc(CN=C(NCC(=O)N(C)C)N2CCN(c3ccncc3Cl)CC2)cc1.I. The van der Waals surface area contributed by atoms with Gasteiger partial charge in [0.1, 0.15) is 5.75 Å². The monoisotopic (exact) mass is 572 g/mol. The molecule has 1 aromatic carbocycles. The summed E-state index contributed by atoms with van der Waals surface area (Å²) in [5.74, 6) is 1.54. The van der Waals surface area contributed by atoms with E-state index in [0.29, 0.717) is 11.6 Å². The molecular weight excluding hydrogens is 543 g/mol. The minimum Gasteiger partial charge on any atom is -0.497 e. The molecule has 0 saturated carbocycles. The Morgan fingerprint density at radius 1 is 1.19 bits per heavy atom. The lowest BCUT2D eigenvalue weighted by Crippen LogP contribution is -2.53. The number of guanidine groups is 1. The van der Waals surface area contributed by atoms with Crippen molar-refractivity contribution >= 4 is 53.1 Å². The molecule has 10 heteroatoms. The van der Waals surface area contributed by atoms with Gasteiger partial charge in [0.25, 0.3) is 0 Å². The summed E-state index contributed by atoms with van der Waals surface area (Å²) < 4.78 is 5.22. The van der Waals surface area contributed by atoms with Crippen LogP contribution in [0.5, 0.6) is 5.75 Å². The molecule has 2 aromatic rings. The summed E-state index contributed by atoms with van der Waals surface area (Å²) in [5, 5.41) is 3.89. The summed E-state index contributed by atoms with van der Waals surface area (Å²) >= 11 is 6.30. The zero-order valence-corrected chi connectivity index (χ0v) is 21.7. The number of methoxy groups -OCH3 is 1. The van der Waals surface area contributed by atoms with E-state index >= 15 is 0 Å². The van der Waals surface area contributed by atoms with Crippen LogP contribution in [0, 0.1) is 0 Å². The van der Waals surface area contributed by atoms with E-state index in [-0.39, 0.29) is 36.4 Å². The lowest BCUT2D eigenvalue weighted by molar-refractivity contribution is -0.127. The predicted octanol–water partition coefficient (Wildman–Crippen LogP) is 2.72. The highest BCUT2D eigenvalue weighted by Crippen LogP contribution is 2.25. The van der Waals surface area contributed by atoms with Crippen molar-refractivity contribution in [2.24, 2.45) is 4.99 Å². The molecule has 0 aliphatic carbocycles. The van der Waals surface area contributed by atoms with Crippen molar-refractivity contribution < 1.29 is 9.53 Å². The van der Waals surface area contributed by atoms with Crippen LogP contribution in [0.2, 0.25) is 5.02 Å². The number of piperazine rings is 1. The predicted molar refractivity (Wildman–Crippen MR) is 139 cm³/mol. The van der Waals surface area contributed by atoms with Gasteiger partial charge in [-0.15, -0.1) is 24.0 Å². The Morgan fingerprint density at radius 2 is 1.88 bits per heavy atom. The van der Waals surface area contributed by atoms with Crippen molar-refractivity contribution in [1.82, 2.24) is 20.1 Å². The highest BCUT2D eigenvalue weighted by molar-refractivity contribution is 14.0. The molecule has 1 saturated heterocycles. The first kappa shape index (κ1) is 26.0. The van der Waals surface area contributed by atoms with E-state index < -0.39 is 0 Å². The second kappa shape index (κ2) is 12.7. The second-order valence-electron chi connectivity index (χ2n) is 7.43. The number of carbonyl (C=O) groups is 1. The highest BCUT2D eigenvalue weighted by Gasteiger charge is 2.22. The van der Waals surface area contributed by atoms with Crippen LogP contribution >= 0.6 is 35.6 Å². The number of rotatable bonds is 6. The Balaban J connectivity index is 0.00000363. The summed E-state index contributed by atoms with van der Waals surface area (Å²) in [6.45, 7) is 3.85. The molecule has 1 fully saturated rings. The molecule has 3 rings (SSSR count). The van der Waals surface area contributed by atoms with Crippen molar-refractivity contribution in [2.75, 3.05) is 58.8 Å². The first-order chi connectivity index (χ1) is 15.0. The number of aromatic nitrogens is 1. The minimum absolute atomic E-state index is 0. The Hall–Kier alpha value is -2.27. The largest absolute Gasteiger partial charge is 0.497 e. The molecule has 1 aliphatic rings. The molecule has 32 heavy (non-hydrogen) atoms. The number of pyridine rings is 1. The third-order valence-corrected chi connectivity index (χ3v) is 5.43. The van der Waals surface area contributed by atoms with E-state index in [1.54, 1.807) is 38.5 Å². The van der Waals surface area contributed by atoms with Crippen LogP contribution in [0.3, 0.4) is 0 Å². The van der Waals surface area contributed by atoms with Crippen molar-refractivity contribution in [1.29, 1.82) is 0 Å². The van der Waals surface area contributed by atoms with Crippen LogP contribution in [0.4, 0.5) is 5.69 Å². The number of likely N-dealkylation sites (N-methyl/N-ethyl adjacent to an activating group) is 1. The fourth-order valence-corrected chi connectivity index (χ4v) is 3.50. The molecule has 0 bridgehead atoms. The van der Waals surface area contributed by atoms with Gasteiger partial charge in [-0.2, -0.15) is 0 Å². The molecule has 0 unspecified atom stereocenters. The molecule has 1 aliphatic heterocycles. The first-order valence-electron chi connectivity index (χ1n) is 10.2. The van der Waals surface area contributed by atoms with Gasteiger partial charge in [0, 0.05) is 52.7 Å². The first-order valence-corrected chi connectivity index (χ1v) is 10.6. The van der Waals surface area contributed by atoms with E-state index in [9.17, 15) is 4.79 Å². The number of ether oxygens (including phenoxy) is 1. The fourth-order valence-electron chi connectivity index (χ4n) is 3.26. The number of aliphatic imine (C=N–C) groups is 1. The number of hydrogen-bond acceptors (Lipinski definition) is 5. The summed E-state index contributed by atoms with van der Waals surface area (Å²) in [5.41, 5.74) is 2.06. The van der Waals surface area contributed by atoms with Gasteiger partial charge in [-0.25, -0.2) is 4.99 Å². The zero-order valence-electron chi connectivity index (χ0n) is 18.6. The molecule has 0 atom stereocenters. The highest BCUT2D eigenvalue weighted by atomic mass is 127. The minimum atomic E-state index is -0.000601. The third-order valence-electron chi connectivity index (χ3n) is 5.14. The Morgan fingerprint density at radius 3 is 2.47 bits per heavy atom. The van der Waals surface area contributed by atoms with Crippen molar-refractivity contribution in [3.8, 4) is 5.75 Å². The number of halogens is 2. The number of hydrogen-bond donors (Lipinski definition) is 1. The number of benzene rings is 1. The van der Waals surface area contributed by atoms with E-state index in [1.165, 1.54) is 0 Å². The summed E-state index contributed by atoms with van der Waals surface area (Å²) in [6.07, 6.45) is 3.42. The molecule has 1 amide bonds. The molecule has 0 radical (unpaired) electrons. The van der Waals surface area contributed by atoms with Crippen LogP contribution in [-0.4, -0.2) is 80.6 Å². The van der Waals surface area contributed by atoms with Gasteiger partial charge in [0.2, 0.25) is 5.91 Å². The molecule has 8 nitrogen and oxygen atoms in total. The van der Waals surface area contributed by atoms with Crippen molar-refractivity contribution in [3.05, 3.63) is 53.3 Å². The number of nitrogens with one attached hydrogen (secondary N) is 1. The van der Waals surface area contributed by atoms with Gasteiger partial charge >= 0.3 is 0 Å². The van der Waals surface area contributed by atoms with E-state index in [0.717, 1.165) is 49.1 Å². The Bertz CT molecular complexity index is 902. The van der Waals surface area contributed by atoms with E-state index in [2.05, 4.69) is 20.1 Å². The standard InChI is InChI=1S/C22H29ClN6O2.HI/c1-27(2)21(30)16-26-22(25-14-17-4-6-18(31-3)7-5-17)29-12-10-28(11-13-29)20-8-9-24-15-19(20)23;/h4-9,15H,10-14,16H2,1-3H3,(H,25,26);1H. The average molecular weight is 573 g/mol. The van der Waals surface area contributed by atoms with Gasteiger partial charge in [-0.1, -0.05) is 23.7 Å². The molecular formula is C22H30ClIN6O2. The van der Waals surface area contributed by atoms with Crippen molar-refractivity contribution in [2.45, 2.75) is 6.54 Å². The molecule has 1 N–H and O–H groups in total. The number of nitrogens with zero attached hydrogens (tertiary/aromatic N) is 5. The normalized spacial score (nSPS) is 13.9. The number of carbonyl (C=O) groups excluding carboxylic acids is 1. The third kappa shape index (κ3) is 7.13. The lowest BCUT2D eigenvalue weighted by Gasteiger charge is -2.38. The van der Waals surface area contributed by atoms with Gasteiger partial charge in [0.15, 0.2) is 5.96 Å². The van der Waals surface area contributed by atoms with E-state index in [1.807, 2.05) is 30.3 Å². The quantitative estimate of drug-likeness (QED) is 0.326. The summed E-state index contributed by atoms with van der Waals surface area (Å²) in [7, 11) is 5.14. The zero-order chi connectivity index (χ0) is 22.2. The van der Waals surface area contributed by atoms with Gasteiger partial charge in [-0.05, 0) is 23.8 Å².